The molecule has 0 radical (unpaired) electrons. The SMILES string of the molecule is CC1CN(CC(O)c2cccc(C(N)=O)c2)CCN1c1ccc(OCCO)cc1. The van der Waals surface area contributed by atoms with Gasteiger partial charge in [0.1, 0.15) is 12.4 Å². The Balaban J connectivity index is 1.57. The quantitative estimate of drug-likeness (QED) is 0.621. The summed E-state index contributed by atoms with van der Waals surface area (Å²) in [7, 11) is 0. The maximum Gasteiger partial charge on any atom is 0.248 e. The number of primary amides is 1. The average molecular weight is 399 g/mol. The van der Waals surface area contributed by atoms with Gasteiger partial charge in [-0.05, 0) is 48.9 Å². The van der Waals surface area contributed by atoms with Gasteiger partial charge >= 0.3 is 0 Å². The van der Waals surface area contributed by atoms with Crippen LogP contribution in [0.15, 0.2) is 48.5 Å². The van der Waals surface area contributed by atoms with Crippen molar-refractivity contribution < 1.29 is 19.7 Å². The second-order valence-electron chi connectivity index (χ2n) is 7.37. The standard InChI is InChI=1S/C22H29N3O4/c1-16-14-24(15-21(27)17-3-2-4-18(13-17)22(23)28)9-10-25(16)19-5-7-20(8-6-19)29-12-11-26/h2-8,13,16,21,26-27H,9-12,14-15H2,1H3,(H2,23,28). The van der Waals surface area contributed by atoms with Crippen molar-refractivity contribution in [2.24, 2.45) is 5.73 Å². The summed E-state index contributed by atoms with van der Waals surface area (Å²) in [6.07, 6.45) is -0.670. The Morgan fingerprint density at radius 1 is 1.24 bits per heavy atom. The number of nitrogens with two attached hydrogens (primary N) is 1. The summed E-state index contributed by atoms with van der Waals surface area (Å²) in [5.41, 5.74) is 7.57. The van der Waals surface area contributed by atoms with Crippen LogP contribution in [-0.4, -0.2) is 66.5 Å². The zero-order chi connectivity index (χ0) is 20.8. The van der Waals surface area contributed by atoms with E-state index in [0.29, 0.717) is 24.3 Å². The number of anilines is 1. The van der Waals surface area contributed by atoms with Gasteiger partial charge in [0, 0.05) is 43.5 Å². The molecule has 1 aliphatic rings. The molecule has 1 saturated heterocycles. The molecule has 1 aliphatic heterocycles. The zero-order valence-corrected chi connectivity index (χ0v) is 16.7. The van der Waals surface area contributed by atoms with Gasteiger partial charge < -0.3 is 25.6 Å². The molecule has 2 aromatic rings. The van der Waals surface area contributed by atoms with Crippen molar-refractivity contribution in [1.82, 2.24) is 4.90 Å². The number of rotatable bonds is 8. The maximum absolute atomic E-state index is 11.4. The van der Waals surface area contributed by atoms with Crippen LogP contribution >= 0.6 is 0 Å². The third kappa shape index (κ3) is 5.47. The zero-order valence-electron chi connectivity index (χ0n) is 16.7. The van der Waals surface area contributed by atoms with Crippen molar-refractivity contribution in [2.75, 3.05) is 44.3 Å². The second kappa shape index (κ2) is 9.73. The fourth-order valence-corrected chi connectivity index (χ4v) is 3.73. The molecule has 0 saturated carbocycles. The molecule has 29 heavy (non-hydrogen) atoms. The van der Waals surface area contributed by atoms with Gasteiger partial charge in [0.25, 0.3) is 0 Å². The molecule has 0 bridgehead atoms. The Labute approximate surface area is 171 Å². The highest BCUT2D eigenvalue weighted by Gasteiger charge is 2.25. The Bertz CT molecular complexity index is 812. The van der Waals surface area contributed by atoms with Gasteiger partial charge in [0.15, 0.2) is 0 Å². The first-order valence-corrected chi connectivity index (χ1v) is 9.88. The molecule has 2 aromatic carbocycles. The van der Waals surface area contributed by atoms with Gasteiger partial charge in [0.05, 0.1) is 12.7 Å². The summed E-state index contributed by atoms with van der Waals surface area (Å²) in [5, 5.41) is 19.5. The van der Waals surface area contributed by atoms with Crippen molar-refractivity contribution in [3.8, 4) is 5.75 Å². The predicted molar refractivity (Wildman–Crippen MR) is 112 cm³/mol. The number of β-amino-alcohol motifs (C(OH)–C–C–N with tert-alkyl or cyclic N) is 1. The van der Waals surface area contributed by atoms with E-state index in [-0.39, 0.29) is 12.6 Å². The second-order valence-corrected chi connectivity index (χ2v) is 7.37. The minimum atomic E-state index is -0.670. The summed E-state index contributed by atoms with van der Waals surface area (Å²) < 4.78 is 5.42. The van der Waals surface area contributed by atoms with E-state index >= 15 is 0 Å². The lowest BCUT2D eigenvalue weighted by atomic mass is 10.0. The Morgan fingerprint density at radius 2 is 2.00 bits per heavy atom. The van der Waals surface area contributed by atoms with E-state index in [1.54, 1.807) is 18.2 Å². The number of carbonyl (C=O) groups excluding carboxylic acids is 1. The molecule has 7 heteroatoms. The third-order valence-corrected chi connectivity index (χ3v) is 5.23. The molecule has 1 fully saturated rings. The van der Waals surface area contributed by atoms with Crippen LogP contribution in [0.4, 0.5) is 5.69 Å². The lowest BCUT2D eigenvalue weighted by molar-refractivity contribution is 0.0993. The summed E-state index contributed by atoms with van der Waals surface area (Å²) in [6, 6.07) is 15.1. The molecule has 2 unspecified atom stereocenters. The van der Waals surface area contributed by atoms with Gasteiger partial charge in [-0.15, -0.1) is 0 Å². The van der Waals surface area contributed by atoms with Gasteiger partial charge in [-0.25, -0.2) is 0 Å². The first-order valence-electron chi connectivity index (χ1n) is 9.88. The monoisotopic (exact) mass is 399 g/mol. The molecule has 0 aromatic heterocycles. The van der Waals surface area contributed by atoms with Crippen LogP contribution in [0.25, 0.3) is 0 Å². The van der Waals surface area contributed by atoms with Crippen LogP contribution in [-0.2, 0) is 0 Å². The van der Waals surface area contributed by atoms with Crippen molar-refractivity contribution in [3.05, 3.63) is 59.7 Å². The van der Waals surface area contributed by atoms with Crippen molar-refractivity contribution >= 4 is 11.6 Å². The van der Waals surface area contributed by atoms with Gasteiger partial charge in [-0.2, -0.15) is 0 Å². The van der Waals surface area contributed by atoms with Gasteiger partial charge in [-0.1, -0.05) is 12.1 Å². The summed E-state index contributed by atoms with van der Waals surface area (Å²) in [4.78, 5) is 15.9. The number of aliphatic hydroxyl groups is 2. The largest absolute Gasteiger partial charge is 0.491 e. The lowest BCUT2D eigenvalue weighted by Gasteiger charge is -2.42. The van der Waals surface area contributed by atoms with Crippen molar-refractivity contribution in [1.29, 1.82) is 0 Å². The number of carbonyl (C=O) groups is 1. The van der Waals surface area contributed by atoms with Crippen LogP contribution < -0.4 is 15.4 Å². The molecule has 156 valence electrons. The van der Waals surface area contributed by atoms with E-state index in [4.69, 9.17) is 15.6 Å². The summed E-state index contributed by atoms with van der Waals surface area (Å²) >= 11 is 0. The molecule has 1 amide bonds. The van der Waals surface area contributed by atoms with E-state index in [1.807, 2.05) is 30.3 Å². The topological polar surface area (TPSA) is 99.3 Å². The van der Waals surface area contributed by atoms with Crippen LogP contribution in [0, 0.1) is 0 Å². The third-order valence-electron chi connectivity index (χ3n) is 5.23. The minimum Gasteiger partial charge on any atom is -0.491 e. The average Bonchev–Trinajstić information content (AvgIpc) is 2.73. The van der Waals surface area contributed by atoms with E-state index < -0.39 is 12.0 Å². The lowest BCUT2D eigenvalue weighted by Crippen LogP contribution is -2.52. The van der Waals surface area contributed by atoms with E-state index in [9.17, 15) is 9.90 Å². The number of amides is 1. The van der Waals surface area contributed by atoms with Gasteiger partial charge in [0.2, 0.25) is 5.91 Å². The smallest absolute Gasteiger partial charge is 0.248 e. The number of hydrogen-bond donors (Lipinski definition) is 3. The summed E-state index contributed by atoms with van der Waals surface area (Å²) in [6.45, 7) is 5.48. The molecule has 3 rings (SSSR count). The Hall–Kier alpha value is -2.61. The fraction of sp³-hybridized carbons (Fsp3) is 0.409. The Morgan fingerprint density at radius 3 is 2.66 bits per heavy atom. The molecule has 2 atom stereocenters. The Kier molecular flexibility index (Phi) is 7.09. The first kappa shape index (κ1) is 21.1. The van der Waals surface area contributed by atoms with Gasteiger partial charge in [-0.3, -0.25) is 9.69 Å². The van der Waals surface area contributed by atoms with E-state index in [0.717, 1.165) is 31.1 Å². The number of benzene rings is 2. The molecular formula is C22H29N3O4. The molecule has 0 spiro atoms. The normalized spacial score (nSPS) is 18.4. The number of aliphatic hydroxyl groups excluding tert-OH is 2. The highest BCUT2D eigenvalue weighted by Crippen LogP contribution is 2.25. The van der Waals surface area contributed by atoms with Crippen LogP contribution in [0.2, 0.25) is 0 Å². The first-order chi connectivity index (χ1) is 14.0. The number of hydrogen-bond acceptors (Lipinski definition) is 6. The molecule has 1 heterocycles. The van der Waals surface area contributed by atoms with Crippen molar-refractivity contribution in [2.45, 2.75) is 19.1 Å². The van der Waals surface area contributed by atoms with Crippen LogP contribution in [0.3, 0.4) is 0 Å². The minimum absolute atomic E-state index is 0.000575. The van der Waals surface area contributed by atoms with Crippen LogP contribution in [0.1, 0.15) is 28.9 Å². The van der Waals surface area contributed by atoms with Crippen LogP contribution in [0.5, 0.6) is 5.75 Å². The summed E-state index contributed by atoms with van der Waals surface area (Å²) in [5.74, 6) is 0.254. The molecule has 7 nitrogen and oxygen atoms in total. The molecular weight excluding hydrogens is 370 g/mol. The number of piperazine rings is 1. The van der Waals surface area contributed by atoms with E-state index in [1.165, 1.54) is 0 Å². The maximum atomic E-state index is 11.4. The van der Waals surface area contributed by atoms with E-state index in [2.05, 4.69) is 16.7 Å². The fourth-order valence-electron chi connectivity index (χ4n) is 3.73. The van der Waals surface area contributed by atoms with Crippen molar-refractivity contribution in [3.63, 3.8) is 0 Å². The predicted octanol–water partition coefficient (Wildman–Crippen LogP) is 1.40. The highest BCUT2D eigenvalue weighted by atomic mass is 16.5. The molecule has 4 N–H and O–H groups in total. The number of nitrogens with zero attached hydrogens (tertiary/aromatic N) is 2. The number of ether oxygens (including phenoxy) is 1. The molecule has 0 aliphatic carbocycles. The highest BCUT2D eigenvalue weighted by molar-refractivity contribution is 5.92.